The van der Waals surface area contributed by atoms with Crippen LogP contribution in [0.3, 0.4) is 0 Å². The van der Waals surface area contributed by atoms with Crippen molar-refractivity contribution < 1.29 is 8.97 Å². The summed E-state index contributed by atoms with van der Waals surface area (Å²) in [7, 11) is 9.49. The van der Waals surface area contributed by atoms with Gasteiger partial charge in [-0.15, -0.1) is 0 Å². The molecule has 0 heterocycles. The fraction of sp³-hybridized carbons (Fsp3) is 1.00. The van der Waals surface area contributed by atoms with E-state index in [0.717, 1.165) is 22.1 Å². The van der Waals surface area contributed by atoms with Crippen LogP contribution >= 0.6 is 0 Å². The summed E-state index contributed by atoms with van der Waals surface area (Å²) in [5.74, 6) is 0. The molecule has 4 heteroatoms. The van der Waals surface area contributed by atoms with Gasteiger partial charge in [0, 0.05) is 24.2 Å². The molecule has 182 valence electrons. The van der Waals surface area contributed by atoms with Gasteiger partial charge in [-0.25, -0.2) is 0 Å². The Kier molecular flexibility index (Phi) is 9.71. The van der Waals surface area contributed by atoms with E-state index >= 15 is 0 Å². The van der Waals surface area contributed by atoms with Crippen molar-refractivity contribution in [1.82, 2.24) is 9.80 Å². The van der Waals surface area contributed by atoms with E-state index in [4.69, 9.17) is 0 Å². The highest BCUT2D eigenvalue weighted by Crippen LogP contribution is 2.27. The summed E-state index contributed by atoms with van der Waals surface area (Å²) >= 11 is 0. The minimum absolute atomic E-state index is 0.218. The third-order valence-electron chi connectivity index (χ3n) is 8.47. The molecular formula is C26H60N4+2. The maximum atomic E-state index is 2.51. The van der Waals surface area contributed by atoms with Crippen molar-refractivity contribution in [3.63, 3.8) is 0 Å². The van der Waals surface area contributed by atoms with Crippen LogP contribution in [0.1, 0.15) is 83.1 Å². The van der Waals surface area contributed by atoms with E-state index in [1.54, 1.807) is 0 Å². The Morgan fingerprint density at radius 3 is 0.867 bits per heavy atom. The molecule has 0 aromatic heterocycles. The average Bonchev–Trinajstić information content (AvgIpc) is 2.51. The quantitative estimate of drug-likeness (QED) is 0.480. The highest BCUT2D eigenvalue weighted by molar-refractivity contribution is 4.75. The zero-order valence-electron chi connectivity index (χ0n) is 24.0. The molecule has 0 saturated carbocycles. The molecule has 2 atom stereocenters. The number of rotatable bonds is 9. The molecule has 0 amide bonds. The van der Waals surface area contributed by atoms with Gasteiger partial charge >= 0.3 is 0 Å². The standard InChI is InChI=1S/C26H60N4/c1-23(2,3)27(13)17-19-29(15,25(7,8)9)21-22-30(16,26(10,11)12)20-18-28(14)24(4,5)6/h17-22H2,1-16H3/q+2. The van der Waals surface area contributed by atoms with Gasteiger partial charge in [0.1, 0.15) is 13.1 Å². The van der Waals surface area contributed by atoms with Gasteiger partial charge in [-0.2, -0.15) is 0 Å². The normalized spacial score (nSPS) is 18.6. The van der Waals surface area contributed by atoms with Gasteiger partial charge in [-0.3, -0.25) is 9.80 Å². The van der Waals surface area contributed by atoms with Crippen LogP contribution in [-0.2, 0) is 0 Å². The Labute approximate surface area is 191 Å². The lowest BCUT2D eigenvalue weighted by Gasteiger charge is -2.52. The smallest absolute Gasteiger partial charge is 0.129 e. The Bertz CT molecular complexity index is 467. The van der Waals surface area contributed by atoms with Crippen LogP contribution in [-0.4, -0.2) is 108 Å². The van der Waals surface area contributed by atoms with Gasteiger partial charge in [0.2, 0.25) is 0 Å². The van der Waals surface area contributed by atoms with Crippen LogP contribution in [0.2, 0.25) is 0 Å². The number of hydrogen-bond acceptors (Lipinski definition) is 2. The predicted molar refractivity (Wildman–Crippen MR) is 136 cm³/mol. The van der Waals surface area contributed by atoms with Gasteiger partial charge in [0.05, 0.1) is 38.3 Å². The first-order valence-electron chi connectivity index (χ1n) is 12.1. The largest absolute Gasteiger partial charge is 0.316 e. The maximum Gasteiger partial charge on any atom is 0.129 e. The molecule has 0 bridgehead atoms. The maximum absolute atomic E-state index is 2.51. The average molecular weight is 429 g/mol. The molecule has 2 unspecified atom stereocenters. The zero-order valence-corrected chi connectivity index (χ0v) is 24.0. The summed E-state index contributed by atoms with van der Waals surface area (Å²) in [5.41, 5.74) is 0.889. The summed E-state index contributed by atoms with van der Waals surface area (Å²) in [6.07, 6.45) is 0. The van der Waals surface area contributed by atoms with Crippen molar-refractivity contribution in [2.45, 2.75) is 105 Å². The summed E-state index contributed by atoms with van der Waals surface area (Å²) in [5, 5.41) is 0. The molecule has 0 N–H and O–H groups in total. The Balaban J connectivity index is 5.50. The van der Waals surface area contributed by atoms with Crippen molar-refractivity contribution in [2.24, 2.45) is 0 Å². The molecule has 0 aliphatic heterocycles. The van der Waals surface area contributed by atoms with Crippen molar-refractivity contribution in [3.05, 3.63) is 0 Å². The third kappa shape index (κ3) is 8.41. The molecule has 0 aliphatic rings. The highest BCUT2D eigenvalue weighted by atomic mass is 15.5. The van der Waals surface area contributed by atoms with Crippen molar-refractivity contribution in [2.75, 3.05) is 67.5 Å². The highest BCUT2D eigenvalue weighted by Gasteiger charge is 2.42. The van der Waals surface area contributed by atoms with Crippen LogP contribution in [0.4, 0.5) is 0 Å². The third-order valence-corrected chi connectivity index (χ3v) is 8.47. The molecule has 30 heavy (non-hydrogen) atoms. The monoisotopic (exact) mass is 428 g/mol. The molecule has 0 fully saturated rings. The Morgan fingerprint density at radius 2 is 0.700 bits per heavy atom. The molecule has 0 aromatic rings. The molecular weight excluding hydrogens is 368 g/mol. The lowest BCUT2D eigenvalue weighted by Crippen LogP contribution is -2.67. The second-order valence-electron chi connectivity index (χ2n) is 14.2. The molecule has 0 saturated heterocycles. The van der Waals surface area contributed by atoms with Crippen molar-refractivity contribution in [1.29, 1.82) is 0 Å². The number of hydrogen-bond donors (Lipinski definition) is 0. The van der Waals surface area contributed by atoms with Gasteiger partial charge in [-0.1, -0.05) is 0 Å². The van der Waals surface area contributed by atoms with E-state index in [0.29, 0.717) is 0 Å². The van der Waals surface area contributed by atoms with E-state index in [2.05, 4.69) is 121 Å². The van der Waals surface area contributed by atoms with Gasteiger partial charge in [0.15, 0.2) is 0 Å². The van der Waals surface area contributed by atoms with E-state index < -0.39 is 0 Å². The molecule has 0 rings (SSSR count). The minimum atomic E-state index is 0.218. The fourth-order valence-corrected chi connectivity index (χ4v) is 3.42. The number of likely N-dealkylation sites (N-methyl/N-ethyl adjacent to an activating group) is 4. The molecule has 4 nitrogen and oxygen atoms in total. The Morgan fingerprint density at radius 1 is 0.467 bits per heavy atom. The predicted octanol–water partition coefficient (Wildman–Crippen LogP) is 4.94. The van der Waals surface area contributed by atoms with Gasteiger partial charge in [0.25, 0.3) is 0 Å². The van der Waals surface area contributed by atoms with Crippen molar-refractivity contribution in [3.8, 4) is 0 Å². The van der Waals surface area contributed by atoms with Crippen LogP contribution in [0.5, 0.6) is 0 Å². The number of nitrogens with zero attached hydrogens (tertiary/aromatic N) is 4. The fourth-order valence-electron chi connectivity index (χ4n) is 3.42. The van der Waals surface area contributed by atoms with E-state index in [1.165, 1.54) is 26.2 Å². The summed E-state index contributed by atoms with van der Waals surface area (Å²) in [4.78, 5) is 5.01. The SMILES string of the molecule is CN(CC[N+](C)(CC[N+](C)(CCN(C)C(C)(C)C)C(C)(C)C)C(C)(C)C)C(C)(C)C. The summed E-state index contributed by atoms with van der Waals surface area (Å²) < 4.78 is 2.21. The first kappa shape index (κ1) is 29.8. The molecule has 0 radical (unpaired) electrons. The van der Waals surface area contributed by atoms with Gasteiger partial charge in [-0.05, 0) is 97.2 Å². The molecule has 0 spiro atoms. The lowest BCUT2D eigenvalue weighted by atomic mass is 9.98. The second kappa shape index (κ2) is 9.77. The van der Waals surface area contributed by atoms with Crippen LogP contribution in [0.25, 0.3) is 0 Å². The summed E-state index contributed by atoms with van der Waals surface area (Å²) in [6.45, 7) is 35.4. The lowest BCUT2D eigenvalue weighted by molar-refractivity contribution is -1.00. The topological polar surface area (TPSA) is 6.48 Å². The van der Waals surface area contributed by atoms with Crippen LogP contribution < -0.4 is 0 Å². The Hall–Kier alpha value is -0.160. The zero-order chi connectivity index (χ0) is 24.4. The van der Waals surface area contributed by atoms with E-state index in [9.17, 15) is 0 Å². The van der Waals surface area contributed by atoms with E-state index in [-0.39, 0.29) is 22.2 Å². The molecule has 0 aliphatic carbocycles. The second-order valence-corrected chi connectivity index (χ2v) is 14.2. The first-order valence-corrected chi connectivity index (χ1v) is 12.1. The van der Waals surface area contributed by atoms with Crippen LogP contribution in [0.15, 0.2) is 0 Å². The van der Waals surface area contributed by atoms with Crippen molar-refractivity contribution >= 4 is 0 Å². The van der Waals surface area contributed by atoms with Gasteiger partial charge < -0.3 is 8.97 Å². The number of quaternary nitrogens is 2. The van der Waals surface area contributed by atoms with Crippen LogP contribution in [0, 0.1) is 0 Å². The molecule has 0 aromatic carbocycles. The van der Waals surface area contributed by atoms with E-state index in [1.807, 2.05) is 0 Å². The first-order chi connectivity index (χ1) is 13.0. The summed E-state index contributed by atoms with van der Waals surface area (Å²) in [6, 6.07) is 0. The minimum Gasteiger partial charge on any atom is -0.316 e.